The minimum absolute atomic E-state index is 0.0209. The van der Waals surface area contributed by atoms with Gasteiger partial charge >= 0.3 is 0 Å². The predicted molar refractivity (Wildman–Crippen MR) is 183 cm³/mol. The molecule has 0 fully saturated rings. The van der Waals surface area contributed by atoms with E-state index in [1.54, 1.807) is 36.4 Å². The molecule has 0 saturated heterocycles. The van der Waals surface area contributed by atoms with Gasteiger partial charge in [0.2, 0.25) is 11.8 Å². The van der Waals surface area contributed by atoms with Crippen LogP contribution in [0.4, 0.5) is 5.69 Å². The fourth-order valence-electron chi connectivity index (χ4n) is 4.91. The molecule has 1 N–H and O–H groups in total. The van der Waals surface area contributed by atoms with Crippen LogP contribution in [0, 0.1) is 6.92 Å². The third kappa shape index (κ3) is 9.11. The smallest absolute Gasteiger partial charge is 0.264 e. The van der Waals surface area contributed by atoms with Crippen molar-refractivity contribution in [3.63, 3.8) is 0 Å². The predicted octanol–water partition coefficient (Wildman–Crippen LogP) is 6.41. The van der Waals surface area contributed by atoms with Gasteiger partial charge in [-0.15, -0.1) is 0 Å². The van der Waals surface area contributed by atoms with E-state index < -0.39 is 34.1 Å². The van der Waals surface area contributed by atoms with Gasteiger partial charge in [0.1, 0.15) is 18.3 Å². The Bertz CT molecular complexity index is 1720. The van der Waals surface area contributed by atoms with Crippen LogP contribution in [-0.4, -0.2) is 50.4 Å². The quantitative estimate of drug-likeness (QED) is 0.189. The Hall–Kier alpha value is -4.34. The molecule has 0 aromatic heterocycles. The van der Waals surface area contributed by atoms with Crippen LogP contribution in [-0.2, 0) is 32.6 Å². The zero-order chi connectivity index (χ0) is 33.5. The molecule has 4 rings (SSSR count). The van der Waals surface area contributed by atoms with Crippen LogP contribution >= 0.6 is 11.6 Å². The van der Waals surface area contributed by atoms with E-state index in [-0.39, 0.29) is 29.5 Å². The number of ether oxygens (including phenoxy) is 1. The molecule has 0 aliphatic heterocycles. The van der Waals surface area contributed by atoms with Crippen LogP contribution in [0.25, 0.3) is 0 Å². The summed E-state index contributed by atoms with van der Waals surface area (Å²) in [6, 6.07) is 28.4. The second-order valence-electron chi connectivity index (χ2n) is 12.1. The molecule has 0 unspecified atom stereocenters. The summed E-state index contributed by atoms with van der Waals surface area (Å²) in [5.74, 6) is -0.392. The first kappa shape index (κ1) is 34.5. The lowest BCUT2D eigenvalue weighted by molar-refractivity contribution is -0.140. The Balaban J connectivity index is 1.81. The Morgan fingerprint density at radius 1 is 0.848 bits per heavy atom. The minimum atomic E-state index is -4.25. The van der Waals surface area contributed by atoms with E-state index in [1.165, 1.54) is 24.1 Å². The summed E-state index contributed by atoms with van der Waals surface area (Å²) in [5, 5.41) is 3.45. The highest BCUT2D eigenvalue weighted by Crippen LogP contribution is 2.27. The van der Waals surface area contributed by atoms with E-state index in [0.717, 1.165) is 21.0 Å². The topological polar surface area (TPSA) is 96.0 Å². The molecule has 0 aliphatic rings. The van der Waals surface area contributed by atoms with E-state index in [0.29, 0.717) is 10.8 Å². The van der Waals surface area contributed by atoms with Gasteiger partial charge in [-0.1, -0.05) is 71.8 Å². The average molecular weight is 662 g/mol. The summed E-state index contributed by atoms with van der Waals surface area (Å²) in [7, 11) is -2.75. The Morgan fingerprint density at radius 3 is 2.02 bits per heavy atom. The van der Waals surface area contributed by atoms with E-state index >= 15 is 0 Å². The molecule has 1 atom stereocenters. The van der Waals surface area contributed by atoms with Gasteiger partial charge in [0.25, 0.3) is 10.0 Å². The van der Waals surface area contributed by atoms with Crippen LogP contribution < -0.4 is 14.4 Å². The number of nitrogens with zero attached hydrogens (tertiary/aromatic N) is 2. The van der Waals surface area contributed by atoms with E-state index in [9.17, 15) is 18.0 Å². The van der Waals surface area contributed by atoms with Crippen molar-refractivity contribution in [2.75, 3.05) is 18.0 Å². The van der Waals surface area contributed by atoms with Gasteiger partial charge in [0.05, 0.1) is 17.7 Å². The van der Waals surface area contributed by atoms with Crippen LogP contribution in [0.15, 0.2) is 108 Å². The van der Waals surface area contributed by atoms with Gasteiger partial charge in [-0.25, -0.2) is 8.42 Å². The van der Waals surface area contributed by atoms with Crippen molar-refractivity contribution in [1.29, 1.82) is 0 Å². The third-order valence-electron chi connectivity index (χ3n) is 7.28. The largest absolute Gasteiger partial charge is 0.497 e. The summed E-state index contributed by atoms with van der Waals surface area (Å²) < 4.78 is 34.6. The maximum atomic E-state index is 14.5. The number of benzene rings is 4. The number of hydrogen-bond donors (Lipinski definition) is 1. The second kappa shape index (κ2) is 14.8. The maximum Gasteiger partial charge on any atom is 0.264 e. The van der Waals surface area contributed by atoms with Crippen LogP contribution in [0.3, 0.4) is 0 Å². The summed E-state index contributed by atoms with van der Waals surface area (Å²) in [5.41, 5.74) is 2.39. The van der Waals surface area contributed by atoms with E-state index in [2.05, 4.69) is 5.32 Å². The average Bonchev–Trinajstić information content (AvgIpc) is 3.02. The Kier molecular flexibility index (Phi) is 11.1. The molecule has 0 radical (unpaired) electrons. The molecule has 0 saturated carbocycles. The summed E-state index contributed by atoms with van der Waals surface area (Å²) >= 11 is 6.14. The number of sulfonamides is 1. The first-order valence-electron chi connectivity index (χ1n) is 14.9. The Morgan fingerprint density at radius 2 is 1.46 bits per heavy atom. The molecule has 242 valence electrons. The first-order valence-corrected chi connectivity index (χ1v) is 16.7. The minimum Gasteiger partial charge on any atom is -0.497 e. The lowest BCUT2D eigenvalue weighted by Gasteiger charge is -2.35. The zero-order valence-electron chi connectivity index (χ0n) is 26.7. The highest BCUT2D eigenvalue weighted by atomic mass is 35.5. The summed E-state index contributed by atoms with van der Waals surface area (Å²) in [4.78, 5) is 30.0. The SMILES string of the molecule is COc1ccc(S(=O)(=O)N(CC(=O)N(Cc2ccc(C)cc2)[C@H](Cc2ccccc2)C(=O)NC(C)(C)C)c2ccc(Cl)cc2)cc1. The fraction of sp³-hybridized carbons (Fsp3) is 0.278. The lowest BCUT2D eigenvalue weighted by Crippen LogP contribution is -2.56. The molecule has 0 heterocycles. The molecule has 4 aromatic rings. The van der Waals surface area contributed by atoms with Crippen molar-refractivity contribution in [2.24, 2.45) is 0 Å². The second-order valence-corrected chi connectivity index (χ2v) is 14.4. The molecule has 4 aromatic carbocycles. The van der Waals surface area contributed by atoms with Gasteiger partial charge in [0, 0.05) is 23.5 Å². The molecule has 46 heavy (non-hydrogen) atoms. The molecule has 10 heteroatoms. The van der Waals surface area contributed by atoms with E-state index in [1.807, 2.05) is 82.3 Å². The highest BCUT2D eigenvalue weighted by Gasteiger charge is 2.35. The van der Waals surface area contributed by atoms with Gasteiger partial charge in [0.15, 0.2) is 0 Å². The molecule has 0 spiro atoms. The van der Waals surface area contributed by atoms with Crippen molar-refractivity contribution < 1.29 is 22.7 Å². The number of hydrogen-bond acceptors (Lipinski definition) is 5. The maximum absolute atomic E-state index is 14.5. The van der Waals surface area contributed by atoms with Crippen LogP contribution in [0.5, 0.6) is 5.75 Å². The van der Waals surface area contributed by atoms with Crippen LogP contribution in [0.2, 0.25) is 5.02 Å². The molecule has 0 aliphatic carbocycles. The molecule has 0 bridgehead atoms. The monoisotopic (exact) mass is 661 g/mol. The van der Waals surface area contributed by atoms with Crippen molar-refractivity contribution in [3.8, 4) is 5.75 Å². The molecule has 8 nitrogen and oxygen atoms in total. The number of aryl methyl sites for hydroxylation is 1. The number of rotatable bonds is 12. The van der Waals surface area contributed by atoms with Gasteiger partial charge in [-0.2, -0.15) is 0 Å². The summed E-state index contributed by atoms with van der Waals surface area (Å²) in [6.07, 6.45) is 0.229. The number of carbonyl (C=O) groups is 2. The molecule has 2 amide bonds. The van der Waals surface area contributed by atoms with Crippen molar-refractivity contribution >= 4 is 39.1 Å². The van der Waals surface area contributed by atoms with Gasteiger partial charge in [-0.3, -0.25) is 13.9 Å². The number of nitrogens with one attached hydrogen (secondary N) is 1. The zero-order valence-corrected chi connectivity index (χ0v) is 28.3. The van der Waals surface area contributed by atoms with Crippen molar-refractivity contribution in [3.05, 3.63) is 125 Å². The van der Waals surface area contributed by atoms with Gasteiger partial charge in [-0.05, 0) is 87.4 Å². The number of carbonyl (C=O) groups excluding carboxylic acids is 2. The van der Waals surface area contributed by atoms with Crippen molar-refractivity contribution in [2.45, 2.75) is 57.1 Å². The first-order chi connectivity index (χ1) is 21.8. The third-order valence-corrected chi connectivity index (χ3v) is 9.32. The fourth-order valence-corrected chi connectivity index (χ4v) is 6.45. The summed E-state index contributed by atoms with van der Waals surface area (Å²) in [6.45, 7) is 7.12. The standard InChI is InChI=1S/C36H40ClN3O5S/c1-26-11-13-28(14-12-26)24-39(33(35(42)38-36(2,3)4)23-27-9-7-6-8-10-27)34(41)25-40(30-17-15-29(37)16-18-30)46(43,44)32-21-19-31(45-5)20-22-32/h6-22,33H,23-25H2,1-5H3,(H,38,42)/t33-/m1/s1. The normalized spacial score (nSPS) is 12.2. The van der Waals surface area contributed by atoms with E-state index in [4.69, 9.17) is 16.3 Å². The number of amides is 2. The number of anilines is 1. The molecular weight excluding hydrogens is 622 g/mol. The number of halogens is 1. The number of methoxy groups -OCH3 is 1. The lowest BCUT2D eigenvalue weighted by atomic mass is 10.0. The van der Waals surface area contributed by atoms with Crippen LogP contribution in [0.1, 0.15) is 37.5 Å². The molecular formula is C36H40ClN3O5S. The van der Waals surface area contributed by atoms with Crippen molar-refractivity contribution in [1.82, 2.24) is 10.2 Å². The Labute approximate surface area is 277 Å². The highest BCUT2D eigenvalue weighted by molar-refractivity contribution is 7.92. The van der Waals surface area contributed by atoms with Gasteiger partial charge < -0.3 is 15.0 Å².